The van der Waals surface area contributed by atoms with Crippen molar-refractivity contribution in [2.75, 3.05) is 5.75 Å². The molecule has 2 heterocycles. The van der Waals surface area contributed by atoms with E-state index in [1.54, 1.807) is 22.7 Å². The normalized spacial score (nSPS) is 11.9. The summed E-state index contributed by atoms with van der Waals surface area (Å²) in [5.41, 5.74) is 0.896. The summed E-state index contributed by atoms with van der Waals surface area (Å²) in [6, 6.07) is 4.01. The van der Waals surface area contributed by atoms with E-state index in [2.05, 4.69) is 9.71 Å². The zero-order valence-corrected chi connectivity index (χ0v) is 13.3. The van der Waals surface area contributed by atoms with Crippen molar-refractivity contribution in [1.82, 2.24) is 9.71 Å². The van der Waals surface area contributed by atoms with Gasteiger partial charge in [0, 0.05) is 11.4 Å². The van der Waals surface area contributed by atoms with Crippen molar-refractivity contribution >= 4 is 32.7 Å². The van der Waals surface area contributed by atoms with E-state index >= 15 is 0 Å². The van der Waals surface area contributed by atoms with Crippen molar-refractivity contribution in [1.29, 1.82) is 0 Å². The molecule has 0 aliphatic carbocycles. The molecule has 0 radical (unpaired) electrons. The number of nitrogens with one attached hydrogen (secondary N) is 1. The number of aromatic nitrogens is 1. The number of aryl methyl sites for hydroxylation is 1. The summed E-state index contributed by atoms with van der Waals surface area (Å²) in [6.07, 6.45) is 0.622. The third kappa shape index (κ3) is 3.85. The summed E-state index contributed by atoms with van der Waals surface area (Å²) in [7, 11) is -3.16. The first-order chi connectivity index (χ1) is 9.02. The Hall–Kier alpha value is -0.760. The highest BCUT2D eigenvalue weighted by Crippen LogP contribution is 2.30. The quantitative estimate of drug-likeness (QED) is 0.891. The zero-order chi connectivity index (χ0) is 13.9. The van der Waals surface area contributed by atoms with Crippen molar-refractivity contribution < 1.29 is 8.42 Å². The highest BCUT2D eigenvalue weighted by atomic mass is 32.2. The Morgan fingerprint density at radius 2 is 2.21 bits per heavy atom. The topological polar surface area (TPSA) is 59.1 Å². The van der Waals surface area contributed by atoms with Crippen LogP contribution in [-0.2, 0) is 16.6 Å². The molecule has 1 N–H and O–H groups in total. The van der Waals surface area contributed by atoms with E-state index in [9.17, 15) is 8.42 Å². The molecule has 104 valence electrons. The van der Waals surface area contributed by atoms with E-state index in [1.165, 1.54) is 0 Å². The molecule has 0 aliphatic rings. The summed E-state index contributed by atoms with van der Waals surface area (Å²) in [5, 5.41) is 2.97. The van der Waals surface area contributed by atoms with Gasteiger partial charge in [0.1, 0.15) is 5.01 Å². The van der Waals surface area contributed by atoms with Gasteiger partial charge in [0.2, 0.25) is 10.0 Å². The van der Waals surface area contributed by atoms with Gasteiger partial charge in [-0.2, -0.15) is 0 Å². The van der Waals surface area contributed by atoms with Crippen LogP contribution < -0.4 is 4.72 Å². The number of nitrogens with zero attached hydrogens (tertiary/aromatic N) is 1. The summed E-state index contributed by atoms with van der Waals surface area (Å²) < 4.78 is 25.9. The first-order valence-electron chi connectivity index (χ1n) is 5.99. The molecule has 0 atom stereocenters. The average Bonchev–Trinajstić information content (AvgIpc) is 2.95. The number of rotatable bonds is 6. The Balaban J connectivity index is 2.10. The maximum Gasteiger partial charge on any atom is 0.211 e. The highest BCUT2D eigenvalue weighted by molar-refractivity contribution is 7.89. The van der Waals surface area contributed by atoms with Crippen LogP contribution in [0, 0.1) is 6.92 Å². The van der Waals surface area contributed by atoms with Crippen molar-refractivity contribution in [3.63, 3.8) is 0 Å². The van der Waals surface area contributed by atoms with Crippen LogP contribution in [0.1, 0.15) is 23.9 Å². The second-order valence-electron chi connectivity index (χ2n) is 4.14. The van der Waals surface area contributed by atoms with Crippen LogP contribution in [-0.4, -0.2) is 19.2 Å². The predicted octanol–water partition coefficient (Wildman–Crippen LogP) is 3.01. The Morgan fingerprint density at radius 1 is 1.42 bits per heavy atom. The van der Waals surface area contributed by atoms with Crippen molar-refractivity contribution in [3.05, 3.63) is 28.1 Å². The molecular weight excluding hydrogens is 300 g/mol. The first kappa shape index (κ1) is 14.6. The molecule has 0 amide bonds. The molecule has 0 unspecified atom stereocenters. The number of sulfonamides is 1. The van der Waals surface area contributed by atoms with E-state index in [0.717, 1.165) is 20.5 Å². The molecule has 7 heteroatoms. The number of hydrogen-bond acceptors (Lipinski definition) is 5. The average molecular weight is 316 g/mol. The minimum absolute atomic E-state index is 0.169. The van der Waals surface area contributed by atoms with Gasteiger partial charge in [0.15, 0.2) is 0 Å². The van der Waals surface area contributed by atoms with Gasteiger partial charge < -0.3 is 0 Å². The van der Waals surface area contributed by atoms with Crippen LogP contribution in [0.5, 0.6) is 0 Å². The standard InChI is InChI=1S/C12H16N2O2S3/c1-3-7-19(15,16)13-8-11-9(2)14-12(18-11)10-5-4-6-17-10/h4-6,13H,3,7-8H2,1-2H3. The Kier molecular flexibility index (Phi) is 4.72. The SMILES string of the molecule is CCCS(=O)(=O)NCc1sc(-c2cccs2)nc1C. The van der Waals surface area contributed by atoms with Crippen LogP contribution >= 0.6 is 22.7 Å². The molecule has 0 fully saturated rings. The Labute approximate surface area is 121 Å². The van der Waals surface area contributed by atoms with E-state index in [4.69, 9.17) is 0 Å². The summed E-state index contributed by atoms with van der Waals surface area (Å²) >= 11 is 3.19. The Morgan fingerprint density at radius 3 is 2.84 bits per heavy atom. The van der Waals surface area contributed by atoms with Crippen molar-refractivity contribution in [3.8, 4) is 9.88 Å². The molecular formula is C12H16N2O2S3. The molecule has 2 aromatic heterocycles. The summed E-state index contributed by atoms with van der Waals surface area (Å²) in [5.74, 6) is 0.169. The Bertz CT molecular complexity index is 630. The fourth-order valence-corrected chi connectivity index (χ4v) is 4.55. The van der Waals surface area contributed by atoms with E-state index in [-0.39, 0.29) is 5.75 Å². The lowest BCUT2D eigenvalue weighted by Crippen LogP contribution is -2.25. The van der Waals surface area contributed by atoms with E-state index in [1.807, 2.05) is 31.4 Å². The molecule has 0 bridgehead atoms. The minimum atomic E-state index is -3.16. The van der Waals surface area contributed by atoms with Crippen LogP contribution in [0.15, 0.2) is 17.5 Å². The van der Waals surface area contributed by atoms with Gasteiger partial charge >= 0.3 is 0 Å². The van der Waals surface area contributed by atoms with Gasteiger partial charge in [0.25, 0.3) is 0 Å². The van der Waals surface area contributed by atoms with Gasteiger partial charge in [-0.25, -0.2) is 18.1 Å². The molecule has 4 nitrogen and oxygen atoms in total. The largest absolute Gasteiger partial charge is 0.240 e. The molecule has 2 rings (SSSR count). The predicted molar refractivity (Wildman–Crippen MR) is 81.1 cm³/mol. The molecule has 0 aliphatic heterocycles. The lowest BCUT2D eigenvalue weighted by molar-refractivity contribution is 0.580. The highest BCUT2D eigenvalue weighted by Gasteiger charge is 2.13. The van der Waals surface area contributed by atoms with Gasteiger partial charge in [-0.05, 0) is 24.8 Å². The fourth-order valence-electron chi connectivity index (χ4n) is 1.61. The fraction of sp³-hybridized carbons (Fsp3) is 0.417. The second-order valence-corrected chi connectivity index (χ2v) is 8.10. The molecule has 0 saturated carbocycles. The maximum atomic E-state index is 11.6. The molecule has 19 heavy (non-hydrogen) atoms. The van der Waals surface area contributed by atoms with Crippen molar-refractivity contribution in [2.24, 2.45) is 0 Å². The lowest BCUT2D eigenvalue weighted by atomic mass is 10.4. The lowest BCUT2D eigenvalue weighted by Gasteiger charge is -2.03. The van der Waals surface area contributed by atoms with Gasteiger partial charge in [-0.1, -0.05) is 13.0 Å². The number of hydrogen-bond donors (Lipinski definition) is 1. The smallest absolute Gasteiger partial charge is 0.211 e. The maximum absolute atomic E-state index is 11.6. The third-order valence-corrected chi connectivity index (χ3v) is 6.28. The number of thiophene rings is 1. The molecule has 2 aromatic rings. The van der Waals surface area contributed by atoms with Gasteiger partial charge in [-0.15, -0.1) is 22.7 Å². The van der Waals surface area contributed by atoms with Gasteiger partial charge in [-0.3, -0.25) is 0 Å². The molecule has 0 spiro atoms. The second kappa shape index (κ2) is 6.13. The monoisotopic (exact) mass is 316 g/mol. The first-order valence-corrected chi connectivity index (χ1v) is 9.34. The zero-order valence-electron chi connectivity index (χ0n) is 10.8. The van der Waals surface area contributed by atoms with E-state index in [0.29, 0.717) is 13.0 Å². The van der Waals surface area contributed by atoms with E-state index < -0.39 is 10.0 Å². The summed E-state index contributed by atoms with van der Waals surface area (Å²) in [4.78, 5) is 6.59. The van der Waals surface area contributed by atoms with Gasteiger partial charge in [0.05, 0.1) is 16.3 Å². The third-order valence-electron chi connectivity index (χ3n) is 2.55. The summed E-state index contributed by atoms with van der Waals surface area (Å²) in [6.45, 7) is 4.10. The van der Waals surface area contributed by atoms with Crippen LogP contribution in [0.25, 0.3) is 9.88 Å². The molecule has 0 saturated heterocycles. The minimum Gasteiger partial charge on any atom is -0.240 e. The molecule has 0 aromatic carbocycles. The van der Waals surface area contributed by atoms with Crippen molar-refractivity contribution in [2.45, 2.75) is 26.8 Å². The van der Waals surface area contributed by atoms with Crippen LogP contribution in [0.3, 0.4) is 0 Å². The van der Waals surface area contributed by atoms with Crippen LogP contribution in [0.4, 0.5) is 0 Å². The number of thiazole rings is 1. The van der Waals surface area contributed by atoms with Crippen LogP contribution in [0.2, 0.25) is 0 Å².